The average Bonchev–Trinajstić information content (AvgIpc) is 2.23. The summed E-state index contributed by atoms with van der Waals surface area (Å²) in [6.45, 7) is 26.8. The van der Waals surface area contributed by atoms with Gasteiger partial charge in [-0.1, -0.05) is 86.8 Å². The minimum Gasteiger partial charge on any atom is -0.284 e. The number of ketones is 1. The van der Waals surface area contributed by atoms with E-state index in [2.05, 4.69) is 68.5 Å². The third-order valence-corrected chi connectivity index (χ3v) is 0.974. The molecule has 0 aliphatic rings. The summed E-state index contributed by atoms with van der Waals surface area (Å²) in [5.74, 6) is -1.86. The summed E-state index contributed by atoms with van der Waals surface area (Å²) in [6, 6.07) is 0. The Morgan fingerprint density at radius 1 is 0.875 bits per heavy atom. The third kappa shape index (κ3) is 70.2. The van der Waals surface area contributed by atoms with E-state index in [1.807, 2.05) is 19.1 Å². The van der Waals surface area contributed by atoms with Gasteiger partial charge in [0.2, 0.25) is 0 Å². The van der Waals surface area contributed by atoms with Gasteiger partial charge < -0.3 is 0 Å². The molecule has 0 fully saturated rings. The lowest BCUT2D eigenvalue weighted by atomic mass is 10.0. The zero-order valence-corrected chi connectivity index (χ0v) is 17.2. The van der Waals surface area contributed by atoms with Gasteiger partial charge in [0.15, 0.2) is 0 Å². The molecule has 0 saturated carbocycles. The quantitative estimate of drug-likeness (QED) is 0.371. The number of allylic oxidation sites excluding steroid dienone is 4. The highest BCUT2D eigenvalue weighted by atomic mass is 19.4. The van der Waals surface area contributed by atoms with Crippen molar-refractivity contribution in [1.29, 1.82) is 0 Å². The molecule has 4 heteroatoms. The molecule has 0 aliphatic carbocycles. The van der Waals surface area contributed by atoms with E-state index in [4.69, 9.17) is 0 Å². The summed E-state index contributed by atoms with van der Waals surface area (Å²) in [4.78, 5) is 9.94. The van der Waals surface area contributed by atoms with Gasteiger partial charge in [-0.25, -0.2) is 0 Å². The lowest BCUT2D eigenvalue weighted by Crippen LogP contribution is -2.22. The van der Waals surface area contributed by atoms with Crippen LogP contribution in [0.1, 0.15) is 69.2 Å². The summed E-state index contributed by atoms with van der Waals surface area (Å²) in [5.41, 5.74) is 0.516. The molecule has 0 spiro atoms. The zero-order valence-electron chi connectivity index (χ0n) is 17.2. The second kappa shape index (κ2) is 14.1. The first-order chi connectivity index (χ1) is 10.3. The van der Waals surface area contributed by atoms with E-state index in [9.17, 15) is 18.0 Å². The molecule has 0 N–H and O–H groups in total. The number of hydrogen-bond donors (Lipinski definition) is 0. The van der Waals surface area contributed by atoms with Crippen LogP contribution < -0.4 is 0 Å². The molecule has 0 radical (unpaired) electrons. The Morgan fingerprint density at radius 2 is 1.12 bits per heavy atom. The van der Waals surface area contributed by atoms with E-state index >= 15 is 0 Å². The van der Waals surface area contributed by atoms with Gasteiger partial charge >= 0.3 is 6.18 Å². The predicted octanol–water partition coefficient (Wildman–Crippen LogP) is 7.55. The van der Waals surface area contributed by atoms with Crippen molar-refractivity contribution in [3.8, 4) is 0 Å². The van der Waals surface area contributed by atoms with Crippen molar-refractivity contribution in [2.24, 2.45) is 10.8 Å². The Hall–Kier alpha value is -1.32. The first-order valence-electron chi connectivity index (χ1n) is 7.78. The fraction of sp³-hybridized carbons (Fsp3) is 0.650. The van der Waals surface area contributed by atoms with Crippen LogP contribution in [0.25, 0.3) is 0 Å². The molecule has 0 unspecified atom stereocenters. The molecule has 0 heterocycles. The molecule has 0 atom stereocenters. The molecular formula is C20H37F3O. The van der Waals surface area contributed by atoms with Crippen LogP contribution in [0, 0.1) is 10.8 Å². The summed E-state index contributed by atoms with van der Waals surface area (Å²) in [7, 11) is 0. The highest BCUT2D eigenvalue weighted by molar-refractivity contribution is 5.98. The molecule has 0 bridgehead atoms. The summed E-state index contributed by atoms with van der Waals surface area (Å²) in [5, 5.41) is 0. The molecule has 0 rings (SSSR count). The van der Waals surface area contributed by atoms with Crippen molar-refractivity contribution in [3.05, 3.63) is 37.0 Å². The average molecular weight is 351 g/mol. The fourth-order valence-electron chi connectivity index (χ4n) is 0.378. The molecule has 24 heavy (non-hydrogen) atoms. The largest absolute Gasteiger partial charge is 0.454 e. The number of carbonyl (C=O) groups excluding carboxylic acids is 1. The van der Waals surface area contributed by atoms with Crippen LogP contribution >= 0.6 is 0 Å². The van der Waals surface area contributed by atoms with E-state index in [0.29, 0.717) is 10.8 Å². The molecule has 0 saturated heterocycles. The van der Waals surface area contributed by atoms with Gasteiger partial charge in [0, 0.05) is 0 Å². The maximum absolute atomic E-state index is 11.3. The lowest BCUT2D eigenvalue weighted by Gasteiger charge is -2.05. The number of halogens is 3. The standard InChI is InChI=1S/C5H5F3O.2C5H12.C5H8/c1-3(2)4(9)5(6,7)8;2*1-5(2,3)4;1-3-5-4-2/h1H2,2H3;2*1-4H3;3-5H,1H2,2H3/b;;;5-4-. The van der Waals surface area contributed by atoms with Crippen LogP contribution in [0.4, 0.5) is 13.2 Å². The van der Waals surface area contributed by atoms with Crippen LogP contribution in [0.15, 0.2) is 37.0 Å². The SMILES string of the molecule is C=C(C)C(=O)C(F)(F)F.C=C/C=C\C.CC(C)(C)C.CC(C)(C)C. The molecule has 0 aliphatic heterocycles. The summed E-state index contributed by atoms with van der Waals surface area (Å²) >= 11 is 0. The molecule has 0 aromatic heterocycles. The highest BCUT2D eigenvalue weighted by Gasteiger charge is 2.38. The Kier molecular flexibility index (Phi) is 17.9. The van der Waals surface area contributed by atoms with Crippen LogP contribution in [-0.4, -0.2) is 12.0 Å². The lowest BCUT2D eigenvalue weighted by molar-refractivity contribution is -0.166. The molecule has 0 aromatic rings. The van der Waals surface area contributed by atoms with Gasteiger partial charge in [0.25, 0.3) is 5.78 Å². The van der Waals surface area contributed by atoms with E-state index in [0.717, 1.165) is 6.92 Å². The number of rotatable bonds is 2. The smallest absolute Gasteiger partial charge is 0.284 e. The van der Waals surface area contributed by atoms with Gasteiger partial charge in [-0.15, -0.1) is 0 Å². The number of carbonyl (C=O) groups is 1. The Bertz CT molecular complexity index is 351. The van der Waals surface area contributed by atoms with Gasteiger partial charge in [-0.2, -0.15) is 13.2 Å². The minimum absolute atomic E-state index is 0.484. The summed E-state index contributed by atoms with van der Waals surface area (Å²) < 4.78 is 33.9. The van der Waals surface area contributed by atoms with Gasteiger partial charge in [-0.3, -0.25) is 4.79 Å². The van der Waals surface area contributed by atoms with Crippen molar-refractivity contribution in [1.82, 2.24) is 0 Å². The van der Waals surface area contributed by atoms with Crippen LogP contribution in [-0.2, 0) is 4.79 Å². The molecule has 1 nitrogen and oxygen atoms in total. The van der Waals surface area contributed by atoms with E-state index in [1.54, 1.807) is 6.08 Å². The maximum atomic E-state index is 11.3. The van der Waals surface area contributed by atoms with Crippen LogP contribution in [0.3, 0.4) is 0 Å². The second-order valence-corrected chi connectivity index (χ2v) is 8.37. The molecule has 0 aromatic carbocycles. The zero-order chi connectivity index (χ0) is 20.8. The highest BCUT2D eigenvalue weighted by Crippen LogP contribution is 2.19. The molecule has 0 amide bonds. The van der Waals surface area contributed by atoms with Crippen LogP contribution in [0.5, 0.6) is 0 Å². The van der Waals surface area contributed by atoms with Gasteiger partial charge in [-0.05, 0) is 30.3 Å². The number of alkyl halides is 3. The summed E-state index contributed by atoms with van der Waals surface area (Å²) in [6.07, 6.45) is 0.818. The fourth-order valence-corrected chi connectivity index (χ4v) is 0.378. The Morgan fingerprint density at radius 3 is 1.12 bits per heavy atom. The van der Waals surface area contributed by atoms with Gasteiger partial charge in [0.1, 0.15) is 0 Å². The van der Waals surface area contributed by atoms with Crippen molar-refractivity contribution in [2.45, 2.75) is 75.4 Å². The molecule has 144 valence electrons. The normalized spacial score (nSPS) is 11.0. The Labute approximate surface area is 147 Å². The third-order valence-electron chi connectivity index (χ3n) is 0.974. The van der Waals surface area contributed by atoms with Crippen molar-refractivity contribution < 1.29 is 18.0 Å². The Balaban J connectivity index is -0.000000116. The monoisotopic (exact) mass is 350 g/mol. The second-order valence-electron chi connectivity index (χ2n) is 8.37. The van der Waals surface area contributed by atoms with Crippen LogP contribution in [0.2, 0.25) is 0 Å². The van der Waals surface area contributed by atoms with Gasteiger partial charge in [0.05, 0.1) is 0 Å². The maximum Gasteiger partial charge on any atom is 0.454 e. The number of Topliss-reactive ketones (excluding diaryl/α,β-unsaturated/α-hetero) is 1. The minimum atomic E-state index is -4.76. The van der Waals surface area contributed by atoms with Crippen molar-refractivity contribution >= 4 is 5.78 Å². The van der Waals surface area contributed by atoms with E-state index in [-0.39, 0.29) is 0 Å². The van der Waals surface area contributed by atoms with Crippen molar-refractivity contribution in [3.63, 3.8) is 0 Å². The van der Waals surface area contributed by atoms with Crippen molar-refractivity contribution in [2.75, 3.05) is 0 Å². The predicted molar refractivity (Wildman–Crippen MR) is 101 cm³/mol. The number of hydrogen-bond acceptors (Lipinski definition) is 1. The van der Waals surface area contributed by atoms with E-state index in [1.165, 1.54) is 0 Å². The molecular weight excluding hydrogens is 313 g/mol. The topological polar surface area (TPSA) is 17.1 Å². The first-order valence-corrected chi connectivity index (χ1v) is 7.78. The van der Waals surface area contributed by atoms with E-state index < -0.39 is 17.5 Å². The first kappa shape index (κ1) is 30.5.